The minimum atomic E-state index is -4.81. The Morgan fingerprint density at radius 3 is 2.19 bits per heavy atom. The zero-order valence-electron chi connectivity index (χ0n) is 13.1. The van der Waals surface area contributed by atoms with Gasteiger partial charge in [0.05, 0.1) is 16.8 Å². The summed E-state index contributed by atoms with van der Waals surface area (Å²) < 4.78 is 40.0. The summed E-state index contributed by atoms with van der Waals surface area (Å²) in [5.74, 6) is -2.07. The van der Waals surface area contributed by atoms with Crippen molar-refractivity contribution >= 4 is 29.4 Å². The molecule has 0 aliphatic carbocycles. The lowest BCUT2D eigenvalue weighted by Gasteiger charge is -2.10. The van der Waals surface area contributed by atoms with Crippen LogP contribution in [0.2, 0.25) is 0 Å². The predicted octanol–water partition coefficient (Wildman–Crippen LogP) is 3.73. The van der Waals surface area contributed by atoms with Gasteiger partial charge in [-0.3, -0.25) is 4.79 Å². The second-order valence-electron chi connectivity index (χ2n) is 5.38. The Morgan fingerprint density at radius 2 is 1.65 bits per heavy atom. The standard InChI is InChI=1S/C18H11F3N2O3/c19-18(20,21)15-14(10-11-6-8-12(9-7-11)17(25)26)16(24)23(22-15)13-4-2-1-3-5-13/h1-10H,(H,25,26)/b14-10-. The third-order valence-corrected chi connectivity index (χ3v) is 3.62. The first-order valence-electron chi connectivity index (χ1n) is 7.38. The van der Waals surface area contributed by atoms with Crippen LogP contribution in [0.5, 0.6) is 0 Å². The molecule has 0 aromatic heterocycles. The molecule has 0 saturated heterocycles. The van der Waals surface area contributed by atoms with Gasteiger partial charge in [0, 0.05) is 0 Å². The van der Waals surface area contributed by atoms with Crippen molar-refractivity contribution in [2.24, 2.45) is 5.10 Å². The highest BCUT2D eigenvalue weighted by Crippen LogP contribution is 2.32. The van der Waals surface area contributed by atoms with Gasteiger partial charge in [0.25, 0.3) is 5.91 Å². The second-order valence-corrected chi connectivity index (χ2v) is 5.38. The topological polar surface area (TPSA) is 70.0 Å². The Bertz CT molecular complexity index is 917. The highest BCUT2D eigenvalue weighted by molar-refractivity contribution is 6.34. The van der Waals surface area contributed by atoms with Crippen molar-refractivity contribution in [3.8, 4) is 0 Å². The Labute approximate surface area is 145 Å². The lowest BCUT2D eigenvalue weighted by molar-refractivity contribution is -0.114. The Balaban J connectivity index is 2.03. The summed E-state index contributed by atoms with van der Waals surface area (Å²) in [4.78, 5) is 23.3. The van der Waals surface area contributed by atoms with Gasteiger partial charge in [-0.2, -0.15) is 23.3 Å². The van der Waals surface area contributed by atoms with Gasteiger partial charge in [-0.25, -0.2) is 4.79 Å². The van der Waals surface area contributed by atoms with Crippen LogP contribution >= 0.6 is 0 Å². The largest absolute Gasteiger partial charge is 0.478 e. The van der Waals surface area contributed by atoms with Crippen molar-refractivity contribution < 1.29 is 27.9 Å². The van der Waals surface area contributed by atoms with E-state index in [4.69, 9.17) is 5.11 Å². The van der Waals surface area contributed by atoms with Crippen LogP contribution in [0.4, 0.5) is 18.9 Å². The maximum Gasteiger partial charge on any atom is 0.435 e. The summed E-state index contributed by atoms with van der Waals surface area (Å²) in [6.45, 7) is 0. The predicted molar refractivity (Wildman–Crippen MR) is 88.8 cm³/mol. The third-order valence-electron chi connectivity index (χ3n) is 3.62. The van der Waals surface area contributed by atoms with E-state index in [1.807, 2.05) is 0 Å². The van der Waals surface area contributed by atoms with Gasteiger partial charge < -0.3 is 5.11 Å². The molecule has 8 heteroatoms. The highest BCUT2D eigenvalue weighted by atomic mass is 19.4. The van der Waals surface area contributed by atoms with Gasteiger partial charge in [0.1, 0.15) is 0 Å². The summed E-state index contributed by atoms with van der Waals surface area (Å²) in [5.41, 5.74) is -1.45. The van der Waals surface area contributed by atoms with E-state index < -0.39 is 29.3 Å². The molecule has 0 spiro atoms. The van der Waals surface area contributed by atoms with Crippen molar-refractivity contribution in [3.63, 3.8) is 0 Å². The monoisotopic (exact) mass is 360 g/mol. The van der Waals surface area contributed by atoms with Crippen LogP contribution in [0.15, 0.2) is 65.3 Å². The minimum absolute atomic E-state index is 0.0134. The zero-order chi connectivity index (χ0) is 18.9. The van der Waals surface area contributed by atoms with E-state index in [0.717, 1.165) is 6.08 Å². The number of carboxylic acids is 1. The van der Waals surface area contributed by atoms with E-state index in [9.17, 15) is 22.8 Å². The van der Waals surface area contributed by atoms with Crippen molar-refractivity contribution in [1.82, 2.24) is 0 Å². The van der Waals surface area contributed by atoms with E-state index in [-0.39, 0.29) is 16.8 Å². The molecule has 1 N–H and O–H groups in total. The molecule has 3 rings (SSSR count). The van der Waals surface area contributed by atoms with Gasteiger partial charge in [-0.15, -0.1) is 0 Å². The van der Waals surface area contributed by atoms with Gasteiger partial charge in [0.2, 0.25) is 0 Å². The van der Waals surface area contributed by atoms with Crippen molar-refractivity contribution in [1.29, 1.82) is 0 Å². The Hall–Kier alpha value is -3.42. The number of alkyl halides is 3. The van der Waals surface area contributed by atoms with Crippen LogP contribution in [0, 0.1) is 0 Å². The molecular formula is C18H11F3N2O3. The molecule has 2 aromatic rings. The summed E-state index contributed by atoms with van der Waals surface area (Å²) in [7, 11) is 0. The molecule has 1 aliphatic heterocycles. The van der Waals surface area contributed by atoms with Crippen LogP contribution in [0.3, 0.4) is 0 Å². The normalized spacial score (nSPS) is 16.1. The molecular weight excluding hydrogens is 349 g/mol. The first-order valence-corrected chi connectivity index (χ1v) is 7.38. The van der Waals surface area contributed by atoms with Gasteiger partial charge in [0.15, 0.2) is 5.71 Å². The smallest absolute Gasteiger partial charge is 0.435 e. The molecule has 132 valence electrons. The zero-order valence-corrected chi connectivity index (χ0v) is 13.1. The molecule has 0 unspecified atom stereocenters. The number of hydrogen-bond acceptors (Lipinski definition) is 3. The van der Waals surface area contributed by atoms with Gasteiger partial charge in [-0.05, 0) is 35.9 Å². The van der Waals surface area contributed by atoms with Crippen LogP contribution in [-0.2, 0) is 4.79 Å². The number of amides is 1. The maximum atomic E-state index is 13.3. The fourth-order valence-electron chi connectivity index (χ4n) is 2.39. The van der Waals surface area contributed by atoms with Crippen LogP contribution < -0.4 is 5.01 Å². The van der Waals surface area contributed by atoms with E-state index in [1.54, 1.807) is 18.2 Å². The molecule has 1 amide bonds. The number of rotatable bonds is 3. The van der Waals surface area contributed by atoms with Crippen molar-refractivity contribution in [2.75, 3.05) is 5.01 Å². The number of carbonyl (C=O) groups excluding carboxylic acids is 1. The molecule has 2 aromatic carbocycles. The number of benzene rings is 2. The molecule has 0 bridgehead atoms. The summed E-state index contributed by atoms with van der Waals surface area (Å²) in [6, 6.07) is 12.9. The number of para-hydroxylation sites is 1. The number of anilines is 1. The van der Waals surface area contributed by atoms with E-state index in [1.165, 1.54) is 36.4 Å². The maximum absolute atomic E-state index is 13.3. The Morgan fingerprint density at radius 1 is 1.04 bits per heavy atom. The second kappa shape index (κ2) is 6.47. The number of hydrogen-bond donors (Lipinski definition) is 1. The number of carboxylic acid groups (broad SMARTS) is 1. The average molecular weight is 360 g/mol. The molecule has 0 saturated carbocycles. The van der Waals surface area contributed by atoms with Crippen LogP contribution in [0.1, 0.15) is 15.9 Å². The fraction of sp³-hybridized carbons (Fsp3) is 0.0556. The number of carbonyl (C=O) groups is 2. The Kier molecular flexibility index (Phi) is 4.33. The number of hydrazone groups is 1. The molecule has 0 radical (unpaired) electrons. The number of aromatic carboxylic acids is 1. The first-order chi connectivity index (χ1) is 12.3. The molecule has 1 heterocycles. The number of halogens is 3. The molecule has 1 aliphatic rings. The highest BCUT2D eigenvalue weighted by Gasteiger charge is 2.46. The molecule has 0 atom stereocenters. The SMILES string of the molecule is O=C(O)c1ccc(/C=C2\C(=O)N(c3ccccc3)N=C2C(F)(F)F)cc1. The van der Waals surface area contributed by atoms with Crippen LogP contribution in [-0.4, -0.2) is 28.9 Å². The molecule has 0 fully saturated rings. The van der Waals surface area contributed by atoms with E-state index in [0.29, 0.717) is 5.01 Å². The van der Waals surface area contributed by atoms with Gasteiger partial charge >= 0.3 is 12.1 Å². The fourth-order valence-corrected chi connectivity index (χ4v) is 2.39. The number of nitrogens with zero attached hydrogens (tertiary/aromatic N) is 2. The quantitative estimate of drug-likeness (QED) is 0.848. The van der Waals surface area contributed by atoms with Crippen molar-refractivity contribution in [2.45, 2.75) is 6.18 Å². The molecule has 26 heavy (non-hydrogen) atoms. The van der Waals surface area contributed by atoms with Crippen molar-refractivity contribution in [3.05, 3.63) is 71.3 Å². The van der Waals surface area contributed by atoms with Gasteiger partial charge in [-0.1, -0.05) is 30.3 Å². The third kappa shape index (κ3) is 3.34. The summed E-state index contributed by atoms with van der Waals surface area (Å²) in [6.07, 6.45) is -3.77. The minimum Gasteiger partial charge on any atom is -0.478 e. The lowest BCUT2D eigenvalue weighted by Crippen LogP contribution is -2.25. The summed E-state index contributed by atoms with van der Waals surface area (Å²) >= 11 is 0. The first kappa shape index (κ1) is 17.4. The average Bonchev–Trinajstić information content (AvgIpc) is 2.93. The summed E-state index contributed by atoms with van der Waals surface area (Å²) in [5, 5.41) is 13.0. The van der Waals surface area contributed by atoms with E-state index >= 15 is 0 Å². The van der Waals surface area contributed by atoms with E-state index in [2.05, 4.69) is 5.10 Å². The molecule has 5 nitrogen and oxygen atoms in total. The van der Waals surface area contributed by atoms with Crippen LogP contribution in [0.25, 0.3) is 6.08 Å². The lowest BCUT2D eigenvalue weighted by atomic mass is 10.0.